The number of nitrogens with zero attached hydrogens (tertiary/aromatic N) is 3. The second-order valence-corrected chi connectivity index (χ2v) is 8.17. The molecule has 0 saturated carbocycles. The molecule has 1 atom stereocenters. The van der Waals surface area contributed by atoms with Crippen molar-refractivity contribution >= 4 is 5.91 Å². The molecule has 1 aromatic carbocycles. The van der Waals surface area contributed by atoms with Crippen molar-refractivity contribution in [1.29, 1.82) is 0 Å². The Balaban J connectivity index is 1.30. The number of benzene rings is 1. The first-order valence-corrected chi connectivity index (χ1v) is 10.5. The van der Waals surface area contributed by atoms with Crippen LogP contribution < -0.4 is 0 Å². The summed E-state index contributed by atoms with van der Waals surface area (Å²) in [5.74, 6) is 0.805. The minimum Gasteiger partial charge on any atom is -0.468 e. The van der Waals surface area contributed by atoms with Crippen molar-refractivity contribution in [2.45, 2.75) is 32.4 Å². The third kappa shape index (κ3) is 3.65. The highest BCUT2D eigenvalue weighted by Gasteiger charge is 2.33. The van der Waals surface area contributed by atoms with Gasteiger partial charge in [-0.15, -0.1) is 0 Å². The van der Waals surface area contributed by atoms with Crippen LogP contribution in [0.25, 0.3) is 11.3 Å². The number of furan rings is 1. The molecule has 156 valence electrons. The van der Waals surface area contributed by atoms with Crippen LogP contribution in [0.5, 0.6) is 0 Å². The van der Waals surface area contributed by atoms with Crippen LogP contribution in [0, 0.1) is 11.7 Å². The number of hydrogen-bond acceptors (Lipinski definition) is 4. The molecule has 2 aliphatic heterocycles. The quantitative estimate of drug-likeness (QED) is 0.716. The Labute approximate surface area is 174 Å². The number of hydrogen-bond donors (Lipinski definition) is 1. The summed E-state index contributed by atoms with van der Waals surface area (Å²) >= 11 is 0. The molecular formula is C23H25FN4O2. The van der Waals surface area contributed by atoms with Crippen LogP contribution in [-0.4, -0.2) is 45.5 Å². The summed E-state index contributed by atoms with van der Waals surface area (Å²) in [5.41, 5.74) is 3.03. The van der Waals surface area contributed by atoms with E-state index < -0.39 is 0 Å². The molecule has 0 radical (unpaired) electrons. The molecule has 1 amide bonds. The maximum Gasteiger partial charge on any atom is 0.227 e. The summed E-state index contributed by atoms with van der Waals surface area (Å²) in [4.78, 5) is 17.5. The van der Waals surface area contributed by atoms with E-state index in [1.165, 1.54) is 6.07 Å². The fraction of sp³-hybridized carbons (Fsp3) is 0.391. The van der Waals surface area contributed by atoms with Crippen molar-refractivity contribution in [2.24, 2.45) is 5.92 Å². The van der Waals surface area contributed by atoms with Gasteiger partial charge in [-0.2, -0.15) is 5.10 Å². The number of fused-ring (bicyclic) bond motifs is 1. The molecule has 1 N–H and O–H groups in total. The van der Waals surface area contributed by atoms with Crippen LogP contribution in [0.3, 0.4) is 0 Å². The molecule has 0 spiro atoms. The lowest BCUT2D eigenvalue weighted by molar-refractivity contribution is -0.138. The Morgan fingerprint density at radius 2 is 2.13 bits per heavy atom. The van der Waals surface area contributed by atoms with E-state index in [1.807, 2.05) is 17.0 Å². The largest absolute Gasteiger partial charge is 0.468 e. The number of aromatic nitrogens is 2. The normalized spacial score (nSPS) is 19.6. The van der Waals surface area contributed by atoms with Gasteiger partial charge in [0.05, 0.1) is 18.7 Å². The zero-order valence-corrected chi connectivity index (χ0v) is 16.8. The van der Waals surface area contributed by atoms with E-state index in [-0.39, 0.29) is 17.6 Å². The van der Waals surface area contributed by atoms with E-state index in [2.05, 4.69) is 15.1 Å². The molecule has 6 nitrogen and oxygen atoms in total. The Kier molecular flexibility index (Phi) is 5.12. The Morgan fingerprint density at radius 1 is 1.23 bits per heavy atom. The van der Waals surface area contributed by atoms with Crippen LogP contribution in [0.1, 0.15) is 29.9 Å². The number of halogens is 1. The lowest BCUT2D eigenvalue weighted by Crippen LogP contribution is -2.46. The number of amides is 1. The smallest absolute Gasteiger partial charge is 0.227 e. The third-order valence-corrected chi connectivity index (χ3v) is 6.19. The Hall–Kier alpha value is -2.93. The van der Waals surface area contributed by atoms with Gasteiger partial charge in [-0.05, 0) is 43.7 Å². The van der Waals surface area contributed by atoms with Gasteiger partial charge in [0.1, 0.15) is 17.3 Å². The van der Waals surface area contributed by atoms with Crippen molar-refractivity contribution in [3.8, 4) is 11.3 Å². The number of H-pyrrole nitrogens is 1. The van der Waals surface area contributed by atoms with Crippen LogP contribution in [0.2, 0.25) is 0 Å². The molecule has 0 aliphatic carbocycles. The first kappa shape index (κ1) is 19.1. The Bertz CT molecular complexity index is 1030. The average molecular weight is 408 g/mol. The van der Waals surface area contributed by atoms with Gasteiger partial charge in [-0.1, -0.05) is 12.1 Å². The summed E-state index contributed by atoms with van der Waals surface area (Å²) in [5, 5.41) is 7.42. The molecule has 4 heterocycles. The summed E-state index contributed by atoms with van der Waals surface area (Å²) in [6, 6.07) is 10.5. The maximum absolute atomic E-state index is 14.3. The molecular weight excluding hydrogens is 383 g/mol. The Morgan fingerprint density at radius 3 is 2.97 bits per heavy atom. The predicted molar refractivity (Wildman–Crippen MR) is 110 cm³/mol. The summed E-state index contributed by atoms with van der Waals surface area (Å²) in [6.45, 7) is 3.60. The second kappa shape index (κ2) is 8.07. The van der Waals surface area contributed by atoms with Crippen LogP contribution in [0.15, 0.2) is 47.1 Å². The number of piperidine rings is 1. The predicted octanol–water partition coefficient (Wildman–Crippen LogP) is 3.61. The zero-order valence-electron chi connectivity index (χ0n) is 16.8. The standard InChI is InChI=1S/C23H25FN4O2/c24-20-8-2-1-7-18(20)22-19-15-28(11-9-21(19)25-26-22)23(29)16-5-3-10-27(13-16)14-17-6-4-12-30-17/h1-2,4,6-8,12,16H,3,5,9-11,13-15H2,(H,25,26)/t16-/m1/s1. The SMILES string of the molecule is O=C([C@@H]1CCCN(Cc2ccco2)C1)N1CCc2[nH]nc(-c3ccccc3F)c2C1. The molecule has 1 saturated heterocycles. The monoisotopic (exact) mass is 408 g/mol. The van der Waals surface area contributed by atoms with Gasteiger partial charge in [0, 0.05) is 42.9 Å². The highest BCUT2D eigenvalue weighted by molar-refractivity contribution is 5.80. The summed E-state index contributed by atoms with van der Waals surface area (Å²) < 4.78 is 19.8. The van der Waals surface area contributed by atoms with Crippen molar-refractivity contribution in [2.75, 3.05) is 19.6 Å². The lowest BCUT2D eigenvalue weighted by atomic mass is 9.94. The van der Waals surface area contributed by atoms with Crippen molar-refractivity contribution in [3.05, 3.63) is 65.5 Å². The highest BCUT2D eigenvalue weighted by atomic mass is 19.1. The maximum atomic E-state index is 14.3. The topological polar surface area (TPSA) is 65.4 Å². The number of rotatable bonds is 4. The summed E-state index contributed by atoms with van der Waals surface area (Å²) in [7, 11) is 0. The van der Waals surface area contributed by atoms with Gasteiger partial charge >= 0.3 is 0 Å². The van der Waals surface area contributed by atoms with Crippen LogP contribution >= 0.6 is 0 Å². The number of carbonyl (C=O) groups is 1. The van der Waals surface area contributed by atoms with Gasteiger partial charge in [0.15, 0.2) is 0 Å². The lowest BCUT2D eigenvalue weighted by Gasteiger charge is -2.36. The van der Waals surface area contributed by atoms with Gasteiger partial charge in [-0.3, -0.25) is 14.8 Å². The van der Waals surface area contributed by atoms with E-state index in [9.17, 15) is 9.18 Å². The average Bonchev–Trinajstić information content (AvgIpc) is 3.43. The molecule has 3 aromatic rings. The van der Waals surface area contributed by atoms with Gasteiger partial charge in [0.2, 0.25) is 5.91 Å². The van der Waals surface area contributed by atoms with E-state index >= 15 is 0 Å². The molecule has 5 rings (SSSR count). The third-order valence-electron chi connectivity index (χ3n) is 6.19. The van der Waals surface area contributed by atoms with Crippen molar-refractivity contribution < 1.29 is 13.6 Å². The minimum absolute atomic E-state index is 0.0147. The fourth-order valence-electron chi connectivity index (χ4n) is 4.64. The van der Waals surface area contributed by atoms with E-state index in [1.54, 1.807) is 24.5 Å². The number of carbonyl (C=O) groups excluding carboxylic acids is 1. The number of likely N-dealkylation sites (tertiary alicyclic amines) is 1. The van der Waals surface area contributed by atoms with Crippen LogP contribution in [-0.2, 0) is 24.3 Å². The molecule has 7 heteroatoms. The molecule has 1 fully saturated rings. The molecule has 30 heavy (non-hydrogen) atoms. The van der Waals surface area contributed by atoms with Gasteiger partial charge in [0.25, 0.3) is 0 Å². The molecule has 0 unspecified atom stereocenters. The van der Waals surface area contributed by atoms with E-state index in [0.717, 1.165) is 49.5 Å². The number of nitrogens with one attached hydrogen (secondary N) is 1. The van der Waals surface area contributed by atoms with Gasteiger partial charge < -0.3 is 9.32 Å². The first-order chi connectivity index (χ1) is 14.7. The van der Waals surface area contributed by atoms with Crippen molar-refractivity contribution in [3.63, 3.8) is 0 Å². The molecule has 2 aliphatic rings. The van der Waals surface area contributed by atoms with Crippen molar-refractivity contribution in [1.82, 2.24) is 20.0 Å². The number of aromatic amines is 1. The summed E-state index contributed by atoms with van der Waals surface area (Å²) in [6.07, 6.45) is 4.31. The zero-order chi connectivity index (χ0) is 20.5. The van der Waals surface area contributed by atoms with Gasteiger partial charge in [-0.25, -0.2) is 4.39 Å². The van der Waals surface area contributed by atoms with Crippen LogP contribution in [0.4, 0.5) is 4.39 Å². The molecule has 2 aromatic heterocycles. The fourth-order valence-corrected chi connectivity index (χ4v) is 4.64. The first-order valence-electron chi connectivity index (χ1n) is 10.5. The highest BCUT2D eigenvalue weighted by Crippen LogP contribution is 2.31. The van der Waals surface area contributed by atoms with E-state index in [0.29, 0.717) is 30.8 Å². The second-order valence-electron chi connectivity index (χ2n) is 8.17. The molecule has 0 bridgehead atoms. The minimum atomic E-state index is -0.295. The van der Waals surface area contributed by atoms with E-state index in [4.69, 9.17) is 4.42 Å².